The summed E-state index contributed by atoms with van der Waals surface area (Å²) in [7, 11) is 0. The maximum absolute atomic E-state index is 4.35. The van der Waals surface area contributed by atoms with Crippen molar-refractivity contribution < 1.29 is 0 Å². The Morgan fingerprint density at radius 3 is 3.00 bits per heavy atom. The molecule has 1 atom stereocenters. The summed E-state index contributed by atoms with van der Waals surface area (Å²) in [5.74, 6) is 0. The highest BCUT2D eigenvalue weighted by Crippen LogP contribution is 2.20. The Bertz CT molecular complexity index is 436. The van der Waals surface area contributed by atoms with Crippen molar-refractivity contribution in [3.05, 3.63) is 29.0 Å². The predicted octanol–water partition coefficient (Wildman–Crippen LogP) is 1.84. The van der Waals surface area contributed by atoms with Crippen LogP contribution in [0.1, 0.15) is 37.7 Å². The summed E-state index contributed by atoms with van der Waals surface area (Å²) in [6, 6.07) is 2.13. The molecule has 0 aliphatic rings. The normalized spacial score (nSPS) is 12.8. The maximum atomic E-state index is 4.35. The van der Waals surface area contributed by atoms with Crippen molar-refractivity contribution in [3.63, 3.8) is 0 Å². The molecular formula is C11H17N5S. The number of hydrogen-bond donors (Lipinski definition) is 1. The average molecular weight is 251 g/mol. The Balaban J connectivity index is 2.29. The molecule has 5 nitrogen and oxygen atoms in total. The molecule has 1 N–H and O–H groups in total. The van der Waals surface area contributed by atoms with Crippen molar-refractivity contribution in [2.45, 2.75) is 32.9 Å². The molecule has 6 heteroatoms. The minimum absolute atomic E-state index is 0.0906. The average Bonchev–Trinajstić information content (AvgIpc) is 2.97. The zero-order chi connectivity index (χ0) is 12.1. The van der Waals surface area contributed by atoms with E-state index in [9.17, 15) is 0 Å². The first-order valence-corrected chi connectivity index (χ1v) is 6.72. The van der Waals surface area contributed by atoms with Crippen LogP contribution in [0.25, 0.3) is 0 Å². The van der Waals surface area contributed by atoms with Crippen molar-refractivity contribution >= 4 is 11.5 Å². The molecule has 0 radical (unpaired) electrons. The molecule has 0 spiro atoms. The topological polar surface area (TPSA) is 55.6 Å². The minimum atomic E-state index is 0.0906. The molecule has 1 unspecified atom stereocenters. The zero-order valence-electron chi connectivity index (χ0n) is 10.1. The van der Waals surface area contributed by atoms with Gasteiger partial charge in [-0.3, -0.25) is 4.68 Å². The molecule has 0 amide bonds. The van der Waals surface area contributed by atoms with Crippen LogP contribution in [-0.4, -0.2) is 25.9 Å². The lowest BCUT2D eigenvalue weighted by Gasteiger charge is -2.16. The van der Waals surface area contributed by atoms with Gasteiger partial charge in [-0.1, -0.05) is 18.3 Å². The lowest BCUT2D eigenvalue weighted by molar-refractivity contribution is 0.514. The van der Waals surface area contributed by atoms with Gasteiger partial charge in [-0.25, -0.2) is 0 Å². The molecule has 2 heterocycles. The number of aryl methyl sites for hydroxylation is 1. The SMILES string of the molecule is CCCn1nccc1C(NCC)c1csnn1. The summed E-state index contributed by atoms with van der Waals surface area (Å²) >= 11 is 1.38. The Morgan fingerprint density at radius 2 is 2.35 bits per heavy atom. The van der Waals surface area contributed by atoms with Crippen LogP contribution in [-0.2, 0) is 6.54 Å². The third kappa shape index (κ3) is 2.70. The van der Waals surface area contributed by atoms with Gasteiger partial charge >= 0.3 is 0 Å². The van der Waals surface area contributed by atoms with E-state index >= 15 is 0 Å². The second-order valence-electron chi connectivity index (χ2n) is 3.80. The van der Waals surface area contributed by atoms with Gasteiger partial charge in [-0.15, -0.1) is 5.10 Å². The number of nitrogens with one attached hydrogen (secondary N) is 1. The van der Waals surface area contributed by atoms with Gasteiger partial charge in [-0.05, 0) is 30.6 Å². The van der Waals surface area contributed by atoms with Gasteiger partial charge in [0.1, 0.15) is 0 Å². The molecule has 0 aromatic carbocycles. The van der Waals surface area contributed by atoms with E-state index in [0.717, 1.165) is 30.9 Å². The van der Waals surface area contributed by atoms with E-state index in [-0.39, 0.29) is 6.04 Å². The zero-order valence-corrected chi connectivity index (χ0v) is 10.9. The van der Waals surface area contributed by atoms with Crippen molar-refractivity contribution in [1.82, 2.24) is 24.7 Å². The molecule has 0 aliphatic carbocycles. The second-order valence-corrected chi connectivity index (χ2v) is 4.41. The number of rotatable bonds is 6. The number of aromatic nitrogens is 4. The standard InChI is InChI=1S/C11H17N5S/c1-3-7-16-10(5-6-13-16)11(12-4-2)9-8-17-15-14-9/h5-6,8,11-12H,3-4,7H2,1-2H3. The molecule has 0 saturated carbocycles. The van der Waals surface area contributed by atoms with Crippen molar-refractivity contribution in [2.24, 2.45) is 0 Å². The first-order valence-electron chi connectivity index (χ1n) is 5.88. The highest BCUT2D eigenvalue weighted by molar-refractivity contribution is 7.03. The Hall–Kier alpha value is -1.27. The Labute approximate surface area is 105 Å². The van der Waals surface area contributed by atoms with Gasteiger partial charge in [0, 0.05) is 18.1 Å². The van der Waals surface area contributed by atoms with Crippen LogP contribution < -0.4 is 5.32 Å². The molecule has 17 heavy (non-hydrogen) atoms. The first kappa shape index (κ1) is 12.2. The molecule has 2 aromatic heterocycles. The minimum Gasteiger partial charge on any atom is -0.304 e. The first-order chi connectivity index (χ1) is 8.36. The van der Waals surface area contributed by atoms with E-state index in [1.54, 1.807) is 0 Å². The largest absolute Gasteiger partial charge is 0.304 e. The summed E-state index contributed by atoms with van der Waals surface area (Å²) in [6.07, 6.45) is 2.91. The lowest BCUT2D eigenvalue weighted by atomic mass is 10.1. The second kappa shape index (κ2) is 5.88. The van der Waals surface area contributed by atoms with E-state index in [2.05, 4.69) is 33.8 Å². The molecular weight excluding hydrogens is 234 g/mol. The smallest absolute Gasteiger partial charge is 0.0986 e. The Kier molecular flexibility index (Phi) is 4.22. The van der Waals surface area contributed by atoms with Gasteiger partial charge in [0.2, 0.25) is 0 Å². The molecule has 0 bridgehead atoms. The van der Waals surface area contributed by atoms with Gasteiger partial charge in [0.25, 0.3) is 0 Å². The highest BCUT2D eigenvalue weighted by atomic mass is 32.1. The van der Waals surface area contributed by atoms with Crippen LogP contribution in [0.5, 0.6) is 0 Å². The van der Waals surface area contributed by atoms with Crippen LogP contribution in [0.15, 0.2) is 17.6 Å². The van der Waals surface area contributed by atoms with Gasteiger partial charge in [-0.2, -0.15) is 5.10 Å². The maximum Gasteiger partial charge on any atom is 0.0986 e. The molecule has 0 fully saturated rings. The van der Waals surface area contributed by atoms with Crippen molar-refractivity contribution in [3.8, 4) is 0 Å². The van der Waals surface area contributed by atoms with Crippen LogP contribution in [0.2, 0.25) is 0 Å². The number of hydrogen-bond acceptors (Lipinski definition) is 5. The third-order valence-corrected chi connectivity index (χ3v) is 3.08. The summed E-state index contributed by atoms with van der Waals surface area (Å²) < 4.78 is 5.97. The van der Waals surface area contributed by atoms with Gasteiger partial charge < -0.3 is 5.32 Å². The van der Waals surface area contributed by atoms with Gasteiger partial charge in [0.15, 0.2) is 0 Å². The molecule has 0 aliphatic heterocycles. The van der Waals surface area contributed by atoms with Crippen LogP contribution >= 0.6 is 11.5 Å². The third-order valence-electron chi connectivity index (χ3n) is 2.56. The van der Waals surface area contributed by atoms with E-state index in [0.29, 0.717) is 0 Å². The van der Waals surface area contributed by atoms with E-state index in [1.165, 1.54) is 11.5 Å². The fourth-order valence-corrected chi connectivity index (χ4v) is 2.33. The van der Waals surface area contributed by atoms with Crippen molar-refractivity contribution in [1.29, 1.82) is 0 Å². The summed E-state index contributed by atoms with van der Waals surface area (Å²) in [5.41, 5.74) is 2.12. The van der Waals surface area contributed by atoms with E-state index < -0.39 is 0 Å². The van der Waals surface area contributed by atoms with Crippen LogP contribution in [0.4, 0.5) is 0 Å². The van der Waals surface area contributed by atoms with Gasteiger partial charge in [0.05, 0.1) is 17.4 Å². The van der Waals surface area contributed by atoms with Crippen LogP contribution in [0.3, 0.4) is 0 Å². The fraction of sp³-hybridized carbons (Fsp3) is 0.545. The lowest BCUT2D eigenvalue weighted by Crippen LogP contribution is -2.25. The predicted molar refractivity (Wildman–Crippen MR) is 67.9 cm³/mol. The molecule has 2 aromatic rings. The number of nitrogens with zero attached hydrogens (tertiary/aromatic N) is 4. The monoisotopic (exact) mass is 251 g/mol. The summed E-state index contributed by atoms with van der Waals surface area (Å²) in [6.45, 7) is 6.06. The molecule has 2 rings (SSSR count). The van der Waals surface area contributed by atoms with E-state index in [1.807, 2.05) is 22.3 Å². The summed E-state index contributed by atoms with van der Waals surface area (Å²) in [5, 5.41) is 13.9. The molecule has 92 valence electrons. The highest BCUT2D eigenvalue weighted by Gasteiger charge is 2.19. The molecule has 0 saturated heterocycles. The van der Waals surface area contributed by atoms with Crippen LogP contribution in [0, 0.1) is 0 Å². The fourth-order valence-electron chi connectivity index (χ4n) is 1.85. The quantitative estimate of drug-likeness (QED) is 0.851. The summed E-state index contributed by atoms with van der Waals surface area (Å²) in [4.78, 5) is 0. The Morgan fingerprint density at radius 1 is 1.47 bits per heavy atom. The van der Waals surface area contributed by atoms with E-state index in [4.69, 9.17) is 0 Å². The van der Waals surface area contributed by atoms with Crippen molar-refractivity contribution in [2.75, 3.05) is 6.54 Å².